The van der Waals surface area contributed by atoms with Crippen LogP contribution in [0.15, 0.2) is 53.5 Å². The number of aryl methyl sites for hydroxylation is 1. The molecule has 1 amide bonds. The monoisotopic (exact) mass is 520 g/mol. The molecule has 0 spiro atoms. The molecule has 4 rings (SSSR count). The van der Waals surface area contributed by atoms with Gasteiger partial charge in [-0.2, -0.15) is 0 Å². The fraction of sp³-hybridized carbons (Fsp3) is 0.483. The predicted octanol–water partition coefficient (Wildman–Crippen LogP) is 4.54. The number of aromatic amines is 1. The van der Waals surface area contributed by atoms with Gasteiger partial charge in [-0.1, -0.05) is 36.4 Å². The summed E-state index contributed by atoms with van der Waals surface area (Å²) in [5.74, 6) is 0.886. The third kappa shape index (κ3) is 8.03. The molecule has 3 aromatic rings. The number of H-pyrrole nitrogens is 1. The number of fused-ring (bicyclic) bond motifs is 1. The second kappa shape index (κ2) is 12.4. The molecule has 4 N–H and O–H groups in total. The summed E-state index contributed by atoms with van der Waals surface area (Å²) >= 11 is 0. The van der Waals surface area contributed by atoms with E-state index in [1.54, 1.807) is 20.8 Å². The zero-order valence-corrected chi connectivity index (χ0v) is 22.9. The number of guanidine groups is 1. The largest absolute Gasteiger partial charge is 0.444 e. The van der Waals surface area contributed by atoms with E-state index in [1.165, 1.54) is 5.56 Å². The van der Waals surface area contributed by atoms with Crippen molar-refractivity contribution < 1.29 is 14.3 Å². The van der Waals surface area contributed by atoms with Crippen LogP contribution in [0.4, 0.5) is 4.79 Å². The standard InChI is InChI=1S/C29H40N6O3/c1-29(2,3)38-28(36)34-27(30)31-16-8-10-20-9-7-11-21(19-20)25(37-22-14-17-35(4)18-15-22)26-32-23-12-5-6-13-24(23)33-26/h5-7,9,11-13,19,22,25H,8,10,14-18H2,1-4H3,(H,32,33)(H3,30,31,34,36). The summed E-state index contributed by atoms with van der Waals surface area (Å²) in [5, 5.41) is 2.47. The quantitative estimate of drug-likeness (QED) is 0.228. The average molecular weight is 521 g/mol. The van der Waals surface area contributed by atoms with Gasteiger partial charge in [0.15, 0.2) is 5.96 Å². The van der Waals surface area contributed by atoms with Gasteiger partial charge in [-0.05, 0) is 76.8 Å². The highest BCUT2D eigenvalue weighted by Crippen LogP contribution is 2.30. The smallest absolute Gasteiger partial charge is 0.414 e. The van der Waals surface area contributed by atoms with Crippen LogP contribution in [0, 0.1) is 0 Å². The Labute approximate surface area is 224 Å². The van der Waals surface area contributed by atoms with Crippen molar-refractivity contribution in [2.75, 3.05) is 26.7 Å². The number of ether oxygens (including phenoxy) is 2. The molecule has 2 heterocycles. The zero-order valence-electron chi connectivity index (χ0n) is 22.9. The van der Waals surface area contributed by atoms with E-state index in [9.17, 15) is 4.79 Å². The van der Waals surface area contributed by atoms with Crippen LogP contribution < -0.4 is 11.1 Å². The molecule has 1 saturated heterocycles. The minimum absolute atomic E-state index is 0.0597. The highest BCUT2D eigenvalue weighted by atomic mass is 16.6. The maximum absolute atomic E-state index is 11.8. The molecule has 1 unspecified atom stereocenters. The number of alkyl carbamates (subject to hydrolysis) is 1. The Morgan fingerprint density at radius 2 is 1.97 bits per heavy atom. The SMILES string of the molecule is CN1CCC(OC(c2cccc(CCCN=C(N)NC(=O)OC(C)(C)C)c2)c2nc3ccccc3[nH]2)CC1. The van der Waals surface area contributed by atoms with Gasteiger partial charge in [-0.15, -0.1) is 0 Å². The molecule has 0 aliphatic carbocycles. The zero-order chi connectivity index (χ0) is 27.1. The molecule has 1 fully saturated rings. The van der Waals surface area contributed by atoms with Crippen molar-refractivity contribution in [3.63, 3.8) is 0 Å². The van der Waals surface area contributed by atoms with E-state index >= 15 is 0 Å². The lowest BCUT2D eigenvalue weighted by Gasteiger charge is -2.31. The topological polar surface area (TPSA) is 118 Å². The number of hydrogen-bond donors (Lipinski definition) is 3. The van der Waals surface area contributed by atoms with Gasteiger partial charge in [0.25, 0.3) is 0 Å². The molecule has 38 heavy (non-hydrogen) atoms. The third-order valence-corrected chi connectivity index (χ3v) is 6.44. The Balaban J connectivity index is 1.42. The summed E-state index contributed by atoms with van der Waals surface area (Å²) in [6, 6.07) is 16.5. The van der Waals surface area contributed by atoms with Crippen LogP contribution in [-0.4, -0.2) is 65.3 Å². The lowest BCUT2D eigenvalue weighted by molar-refractivity contribution is -0.0264. The first-order chi connectivity index (χ1) is 18.2. The number of aliphatic imine (C=N–C) groups is 1. The van der Waals surface area contributed by atoms with Gasteiger partial charge < -0.3 is 25.1 Å². The van der Waals surface area contributed by atoms with Crippen LogP contribution in [-0.2, 0) is 15.9 Å². The Kier molecular flexibility index (Phi) is 9.01. The second-order valence-corrected chi connectivity index (χ2v) is 10.9. The number of likely N-dealkylation sites (tertiary alicyclic amines) is 1. The van der Waals surface area contributed by atoms with Gasteiger partial charge in [0.2, 0.25) is 0 Å². The molecule has 1 aliphatic rings. The van der Waals surface area contributed by atoms with Crippen molar-refractivity contribution in [1.82, 2.24) is 20.2 Å². The fourth-order valence-electron chi connectivity index (χ4n) is 4.55. The molecule has 9 nitrogen and oxygen atoms in total. The number of aromatic nitrogens is 2. The number of nitrogens with two attached hydrogens (primary N) is 1. The summed E-state index contributed by atoms with van der Waals surface area (Å²) in [7, 11) is 2.15. The van der Waals surface area contributed by atoms with Crippen molar-refractivity contribution in [2.45, 2.75) is 64.3 Å². The highest BCUT2D eigenvalue weighted by molar-refractivity contribution is 5.92. The lowest BCUT2D eigenvalue weighted by Crippen LogP contribution is -2.40. The normalized spacial score (nSPS) is 16.5. The van der Waals surface area contributed by atoms with Crippen LogP contribution >= 0.6 is 0 Å². The molecule has 1 aliphatic heterocycles. The Bertz CT molecular complexity index is 1210. The summed E-state index contributed by atoms with van der Waals surface area (Å²) < 4.78 is 11.9. The molecular formula is C29H40N6O3. The Hall–Kier alpha value is -3.43. The van der Waals surface area contributed by atoms with Crippen molar-refractivity contribution in [3.8, 4) is 0 Å². The van der Waals surface area contributed by atoms with Gasteiger partial charge in [0, 0.05) is 19.6 Å². The minimum Gasteiger partial charge on any atom is -0.444 e. The van der Waals surface area contributed by atoms with E-state index in [-0.39, 0.29) is 18.2 Å². The number of nitrogens with zero attached hydrogens (tertiary/aromatic N) is 3. The van der Waals surface area contributed by atoms with Gasteiger partial charge >= 0.3 is 6.09 Å². The summed E-state index contributed by atoms with van der Waals surface area (Å²) in [4.78, 5) is 26.8. The molecule has 2 aromatic carbocycles. The maximum atomic E-state index is 11.8. The highest BCUT2D eigenvalue weighted by Gasteiger charge is 2.26. The predicted molar refractivity (Wildman–Crippen MR) is 150 cm³/mol. The Morgan fingerprint density at radius 3 is 2.71 bits per heavy atom. The fourth-order valence-corrected chi connectivity index (χ4v) is 4.55. The molecular weight excluding hydrogens is 480 g/mol. The van der Waals surface area contributed by atoms with E-state index in [1.807, 2.05) is 24.3 Å². The van der Waals surface area contributed by atoms with E-state index < -0.39 is 11.7 Å². The molecule has 204 valence electrons. The molecule has 9 heteroatoms. The second-order valence-electron chi connectivity index (χ2n) is 10.9. The van der Waals surface area contributed by atoms with Gasteiger partial charge in [-0.25, -0.2) is 9.78 Å². The van der Waals surface area contributed by atoms with E-state index in [2.05, 4.69) is 51.5 Å². The molecule has 0 radical (unpaired) electrons. The average Bonchev–Trinajstić information content (AvgIpc) is 3.29. The number of carbonyl (C=O) groups is 1. The van der Waals surface area contributed by atoms with Crippen LogP contribution in [0.5, 0.6) is 0 Å². The minimum atomic E-state index is -0.604. The summed E-state index contributed by atoms with van der Waals surface area (Å²) in [5.41, 5.74) is 9.45. The molecule has 1 aromatic heterocycles. The van der Waals surface area contributed by atoms with Crippen molar-refractivity contribution in [1.29, 1.82) is 0 Å². The van der Waals surface area contributed by atoms with Gasteiger partial charge in [-0.3, -0.25) is 10.3 Å². The van der Waals surface area contributed by atoms with E-state index in [4.69, 9.17) is 20.2 Å². The number of imidazole rings is 1. The summed E-state index contributed by atoms with van der Waals surface area (Å²) in [6.45, 7) is 7.95. The van der Waals surface area contributed by atoms with Gasteiger partial charge in [0.05, 0.1) is 17.1 Å². The van der Waals surface area contributed by atoms with Crippen molar-refractivity contribution >= 4 is 23.1 Å². The van der Waals surface area contributed by atoms with Crippen LogP contribution in [0.1, 0.15) is 63.1 Å². The molecule has 1 atom stereocenters. The maximum Gasteiger partial charge on any atom is 0.414 e. The number of amides is 1. The Morgan fingerprint density at radius 1 is 1.21 bits per heavy atom. The van der Waals surface area contributed by atoms with Crippen molar-refractivity contribution in [2.24, 2.45) is 10.7 Å². The van der Waals surface area contributed by atoms with E-state index in [0.717, 1.165) is 61.2 Å². The lowest BCUT2D eigenvalue weighted by atomic mass is 10.0. The number of hydrogen-bond acceptors (Lipinski definition) is 6. The van der Waals surface area contributed by atoms with Crippen LogP contribution in [0.2, 0.25) is 0 Å². The number of carbonyl (C=O) groups excluding carboxylic acids is 1. The number of benzene rings is 2. The first-order valence-electron chi connectivity index (χ1n) is 13.3. The molecule has 0 bridgehead atoms. The number of nitrogens with one attached hydrogen (secondary N) is 2. The molecule has 0 saturated carbocycles. The van der Waals surface area contributed by atoms with E-state index in [0.29, 0.717) is 6.54 Å². The van der Waals surface area contributed by atoms with Gasteiger partial charge in [0.1, 0.15) is 17.5 Å². The first kappa shape index (κ1) is 27.6. The number of para-hydroxylation sites is 2. The first-order valence-corrected chi connectivity index (χ1v) is 13.3. The van der Waals surface area contributed by atoms with Crippen LogP contribution in [0.25, 0.3) is 11.0 Å². The third-order valence-electron chi connectivity index (χ3n) is 6.44. The number of rotatable bonds is 8. The van der Waals surface area contributed by atoms with Crippen LogP contribution in [0.3, 0.4) is 0 Å². The summed E-state index contributed by atoms with van der Waals surface area (Å²) in [6.07, 6.45) is 2.91. The van der Waals surface area contributed by atoms with Crippen molar-refractivity contribution in [3.05, 3.63) is 65.5 Å². The number of piperidine rings is 1.